The number of fused-ring (bicyclic) bond motifs is 1. The number of nitrogens with one attached hydrogen (secondary N) is 1. The number of amides is 1. The Bertz CT molecular complexity index is 1220. The predicted octanol–water partition coefficient (Wildman–Crippen LogP) is 3.09. The molecular formula is C22H21N5O2. The van der Waals surface area contributed by atoms with Crippen molar-refractivity contribution in [1.29, 1.82) is 0 Å². The average Bonchev–Trinajstić information content (AvgIpc) is 3.22. The van der Waals surface area contributed by atoms with Crippen LogP contribution in [0.15, 0.2) is 71.8 Å². The van der Waals surface area contributed by atoms with Gasteiger partial charge in [0.2, 0.25) is 0 Å². The summed E-state index contributed by atoms with van der Waals surface area (Å²) in [6, 6.07) is 16.6. The number of rotatable bonds is 5. The smallest absolute Gasteiger partial charge is 0.274 e. The average molecular weight is 387 g/mol. The summed E-state index contributed by atoms with van der Waals surface area (Å²) in [5.74, 6) is -0.330. The predicted molar refractivity (Wildman–Crippen MR) is 111 cm³/mol. The van der Waals surface area contributed by atoms with E-state index in [2.05, 4.69) is 15.5 Å². The number of aromatic nitrogens is 4. The van der Waals surface area contributed by atoms with Gasteiger partial charge in [0.1, 0.15) is 0 Å². The molecule has 0 aliphatic rings. The summed E-state index contributed by atoms with van der Waals surface area (Å²) >= 11 is 0. The Morgan fingerprint density at radius 1 is 1.03 bits per heavy atom. The fraction of sp³-hybridized carbons (Fsp3) is 0.182. The highest BCUT2D eigenvalue weighted by atomic mass is 16.2. The zero-order chi connectivity index (χ0) is 20.4. The van der Waals surface area contributed by atoms with Crippen molar-refractivity contribution in [2.45, 2.75) is 26.4 Å². The van der Waals surface area contributed by atoms with Crippen molar-refractivity contribution in [2.75, 3.05) is 0 Å². The van der Waals surface area contributed by atoms with Crippen LogP contribution in [0.3, 0.4) is 0 Å². The van der Waals surface area contributed by atoms with Crippen LogP contribution in [0, 0.1) is 0 Å². The number of hydrogen-bond acceptors (Lipinski definition) is 4. The molecule has 2 aromatic heterocycles. The third-order valence-electron chi connectivity index (χ3n) is 4.64. The summed E-state index contributed by atoms with van der Waals surface area (Å²) < 4.78 is 3.11. The molecule has 2 heterocycles. The van der Waals surface area contributed by atoms with Crippen LogP contribution < -0.4 is 10.9 Å². The highest BCUT2D eigenvalue weighted by molar-refractivity contribution is 6.04. The van der Waals surface area contributed by atoms with Crippen LogP contribution in [0.25, 0.3) is 16.5 Å². The van der Waals surface area contributed by atoms with Crippen LogP contribution >= 0.6 is 0 Å². The van der Waals surface area contributed by atoms with Crippen molar-refractivity contribution in [3.05, 3.63) is 88.6 Å². The highest BCUT2D eigenvalue weighted by Crippen LogP contribution is 2.15. The van der Waals surface area contributed by atoms with Gasteiger partial charge in [0, 0.05) is 23.7 Å². The lowest BCUT2D eigenvalue weighted by Gasteiger charge is -2.13. The summed E-state index contributed by atoms with van der Waals surface area (Å²) in [5.41, 5.74) is 1.85. The van der Waals surface area contributed by atoms with E-state index in [9.17, 15) is 9.59 Å². The Labute approximate surface area is 167 Å². The van der Waals surface area contributed by atoms with Gasteiger partial charge < -0.3 is 5.32 Å². The summed E-state index contributed by atoms with van der Waals surface area (Å²) in [7, 11) is 0. The van der Waals surface area contributed by atoms with E-state index >= 15 is 0 Å². The van der Waals surface area contributed by atoms with E-state index in [1.54, 1.807) is 35.1 Å². The van der Waals surface area contributed by atoms with E-state index in [0.29, 0.717) is 17.3 Å². The van der Waals surface area contributed by atoms with Gasteiger partial charge in [0.25, 0.3) is 11.5 Å². The molecule has 0 aliphatic heterocycles. The van der Waals surface area contributed by atoms with Gasteiger partial charge in [-0.25, -0.2) is 9.36 Å². The van der Waals surface area contributed by atoms with Crippen molar-refractivity contribution >= 4 is 16.7 Å². The zero-order valence-corrected chi connectivity index (χ0v) is 16.2. The molecule has 0 unspecified atom stereocenters. The second-order valence-electron chi connectivity index (χ2n) is 7.05. The summed E-state index contributed by atoms with van der Waals surface area (Å²) in [6.07, 6.45) is 3.59. The van der Waals surface area contributed by atoms with E-state index in [0.717, 1.165) is 11.3 Å². The Morgan fingerprint density at radius 2 is 1.72 bits per heavy atom. The molecule has 1 N–H and O–H groups in total. The first kappa shape index (κ1) is 18.6. The Morgan fingerprint density at radius 3 is 2.45 bits per heavy atom. The molecule has 0 bridgehead atoms. The molecule has 1 amide bonds. The number of carbonyl (C=O) groups is 1. The molecular weight excluding hydrogens is 366 g/mol. The van der Waals surface area contributed by atoms with Gasteiger partial charge in [-0.2, -0.15) is 10.2 Å². The van der Waals surface area contributed by atoms with E-state index in [1.165, 1.54) is 4.68 Å². The van der Waals surface area contributed by atoms with Crippen LogP contribution in [0.2, 0.25) is 0 Å². The first-order valence-corrected chi connectivity index (χ1v) is 9.43. The number of para-hydroxylation sites is 1. The fourth-order valence-corrected chi connectivity index (χ4v) is 3.16. The van der Waals surface area contributed by atoms with E-state index < -0.39 is 0 Å². The second kappa shape index (κ2) is 7.71. The molecule has 0 aliphatic carbocycles. The third-order valence-corrected chi connectivity index (χ3v) is 4.64. The molecule has 146 valence electrons. The number of carbonyl (C=O) groups excluding carboxylic acids is 1. The first-order valence-electron chi connectivity index (χ1n) is 9.43. The minimum Gasteiger partial charge on any atom is -0.346 e. The molecule has 4 aromatic rings. The van der Waals surface area contributed by atoms with Crippen molar-refractivity contribution in [3.63, 3.8) is 0 Å². The van der Waals surface area contributed by atoms with Crippen molar-refractivity contribution in [3.8, 4) is 5.69 Å². The maximum absolute atomic E-state index is 12.9. The van der Waals surface area contributed by atoms with Crippen LogP contribution in [-0.2, 0) is 6.54 Å². The quantitative estimate of drug-likeness (QED) is 0.571. The maximum atomic E-state index is 12.9. The molecule has 4 rings (SSSR count). The van der Waals surface area contributed by atoms with E-state index in [4.69, 9.17) is 0 Å². The summed E-state index contributed by atoms with van der Waals surface area (Å²) in [4.78, 5) is 25.5. The monoisotopic (exact) mass is 387 g/mol. The SMILES string of the molecule is CC(C)n1nc(C(=O)NCc2cnn(-c3ccccc3)c2)c2ccccc2c1=O. The molecule has 0 saturated carbocycles. The normalized spacial score (nSPS) is 11.1. The molecule has 0 spiro atoms. The van der Waals surface area contributed by atoms with Gasteiger partial charge in [-0.3, -0.25) is 9.59 Å². The standard InChI is InChI=1S/C22H21N5O2/c1-15(2)27-22(29)19-11-7-6-10-18(19)20(25-27)21(28)23-12-16-13-24-26(14-16)17-8-4-3-5-9-17/h3-11,13-15H,12H2,1-2H3,(H,23,28). The van der Waals surface area contributed by atoms with Gasteiger partial charge in [-0.05, 0) is 32.0 Å². The minimum atomic E-state index is -0.330. The van der Waals surface area contributed by atoms with Gasteiger partial charge in [-0.15, -0.1) is 0 Å². The second-order valence-corrected chi connectivity index (χ2v) is 7.05. The van der Waals surface area contributed by atoms with Crippen LogP contribution in [0.1, 0.15) is 35.9 Å². The van der Waals surface area contributed by atoms with Gasteiger partial charge in [0.05, 0.1) is 23.3 Å². The molecule has 29 heavy (non-hydrogen) atoms. The lowest BCUT2D eigenvalue weighted by Crippen LogP contribution is -2.31. The lowest BCUT2D eigenvalue weighted by molar-refractivity contribution is 0.0945. The van der Waals surface area contributed by atoms with Gasteiger partial charge >= 0.3 is 0 Å². The number of benzene rings is 2. The first-order chi connectivity index (χ1) is 14.0. The third kappa shape index (κ3) is 3.67. The van der Waals surface area contributed by atoms with Crippen molar-refractivity contribution in [1.82, 2.24) is 24.9 Å². The lowest BCUT2D eigenvalue weighted by atomic mass is 10.1. The van der Waals surface area contributed by atoms with Crippen molar-refractivity contribution in [2.24, 2.45) is 0 Å². The number of hydrogen-bond donors (Lipinski definition) is 1. The summed E-state index contributed by atoms with van der Waals surface area (Å²) in [5, 5.41) is 12.6. The Hall–Kier alpha value is -3.74. The molecule has 0 saturated heterocycles. The zero-order valence-electron chi connectivity index (χ0n) is 16.2. The van der Waals surface area contributed by atoms with Crippen LogP contribution in [-0.4, -0.2) is 25.5 Å². The molecule has 2 aromatic carbocycles. The molecule has 7 heteroatoms. The Balaban J connectivity index is 1.59. The topological polar surface area (TPSA) is 81.8 Å². The number of nitrogens with zero attached hydrogens (tertiary/aromatic N) is 4. The Kier molecular flexibility index (Phi) is 4.95. The van der Waals surface area contributed by atoms with Crippen LogP contribution in [0.4, 0.5) is 0 Å². The fourth-order valence-electron chi connectivity index (χ4n) is 3.16. The van der Waals surface area contributed by atoms with Gasteiger partial charge in [-0.1, -0.05) is 36.4 Å². The molecule has 0 atom stereocenters. The maximum Gasteiger partial charge on any atom is 0.274 e. The largest absolute Gasteiger partial charge is 0.346 e. The van der Waals surface area contributed by atoms with Crippen LogP contribution in [0.5, 0.6) is 0 Å². The molecule has 0 fully saturated rings. The summed E-state index contributed by atoms with van der Waals surface area (Å²) in [6.45, 7) is 4.04. The highest BCUT2D eigenvalue weighted by Gasteiger charge is 2.17. The van der Waals surface area contributed by atoms with Crippen molar-refractivity contribution < 1.29 is 4.79 Å². The van der Waals surface area contributed by atoms with E-state index in [-0.39, 0.29) is 23.2 Å². The van der Waals surface area contributed by atoms with E-state index in [1.807, 2.05) is 50.4 Å². The molecule has 0 radical (unpaired) electrons. The minimum absolute atomic E-state index is 0.150. The van der Waals surface area contributed by atoms with Gasteiger partial charge in [0.15, 0.2) is 5.69 Å². The molecule has 7 nitrogen and oxygen atoms in total.